The van der Waals surface area contributed by atoms with Crippen LogP contribution in [0.25, 0.3) is 5.69 Å². The number of aromatic hydroxyl groups is 1. The van der Waals surface area contributed by atoms with E-state index in [9.17, 15) is 14.7 Å². The van der Waals surface area contributed by atoms with Crippen molar-refractivity contribution in [2.24, 2.45) is 5.10 Å². The van der Waals surface area contributed by atoms with Crippen molar-refractivity contribution in [1.29, 1.82) is 0 Å². The Bertz CT molecular complexity index is 1170. The maximum absolute atomic E-state index is 12.3. The predicted molar refractivity (Wildman–Crippen MR) is 114 cm³/mol. The van der Waals surface area contributed by atoms with Crippen molar-refractivity contribution in [3.63, 3.8) is 0 Å². The molecule has 0 aliphatic carbocycles. The first-order valence-corrected chi connectivity index (χ1v) is 8.79. The molecule has 29 heavy (non-hydrogen) atoms. The molecule has 0 radical (unpaired) electrons. The minimum Gasteiger partial charge on any atom is -0.495 e. The van der Waals surface area contributed by atoms with Crippen molar-refractivity contribution < 1.29 is 9.84 Å². The van der Waals surface area contributed by atoms with Crippen LogP contribution in [-0.2, 0) is 0 Å². The highest BCUT2D eigenvalue weighted by molar-refractivity contribution is 7.80. The summed E-state index contributed by atoms with van der Waals surface area (Å²) in [7, 11) is 1.43. The highest BCUT2D eigenvalue weighted by Crippen LogP contribution is 2.24. The second kappa shape index (κ2) is 8.85. The lowest BCUT2D eigenvalue weighted by Gasteiger charge is -2.13. The van der Waals surface area contributed by atoms with E-state index in [-0.39, 0.29) is 16.4 Å². The van der Waals surface area contributed by atoms with Gasteiger partial charge in [-0.3, -0.25) is 15.2 Å². The lowest BCUT2D eigenvalue weighted by atomic mass is 10.2. The molecule has 0 aliphatic heterocycles. The zero-order chi connectivity index (χ0) is 20.8. The van der Waals surface area contributed by atoms with Gasteiger partial charge in [-0.2, -0.15) is 5.10 Å². The fourth-order valence-corrected chi connectivity index (χ4v) is 2.70. The summed E-state index contributed by atoms with van der Waals surface area (Å²) in [4.78, 5) is 26.6. The minimum absolute atomic E-state index is 0.182. The summed E-state index contributed by atoms with van der Waals surface area (Å²) in [6, 6.07) is 15.7. The highest BCUT2D eigenvalue weighted by atomic mass is 32.1. The number of anilines is 1. The number of aromatic amines is 1. The van der Waals surface area contributed by atoms with Crippen LogP contribution < -0.4 is 26.7 Å². The van der Waals surface area contributed by atoms with E-state index in [1.807, 2.05) is 30.3 Å². The number of thiocarbonyl (C=S) groups is 1. The van der Waals surface area contributed by atoms with Crippen LogP contribution in [0.1, 0.15) is 5.56 Å². The number of methoxy groups -OCH3 is 1. The third-order valence-corrected chi connectivity index (χ3v) is 4.03. The average molecular weight is 411 g/mol. The summed E-state index contributed by atoms with van der Waals surface area (Å²) in [6.45, 7) is 0. The van der Waals surface area contributed by atoms with E-state index in [0.717, 1.165) is 16.5 Å². The molecule has 2 aromatic carbocycles. The van der Waals surface area contributed by atoms with Crippen LogP contribution in [0.2, 0.25) is 0 Å². The van der Waals surface area contributed by atoms with E-state index in [1.54, 1.807) is 24.3 Å². The van der Waals surface area contributed by atoms with Crippen LogP contribution in [-0.4, -0.2) is 33.1 Å². The molecule has 0 spiro atoms. The van der Waals surface area contributed by atoms with Gasteiger partial charge in [-0.1, -0.05) is 30.3 Å². The Balaban J connectivity index is 1.88. The van der Waals surface area contributed by atoms with E-state index >= 15 is 0 Å². The quantitative estimate of drug-likeness (QED) is 0.286. The Morgan fingerprint density at radius 2 is 1.86 bits per heavy atom. The Kier molecular flexibility index (Phi) is 6.05. The third kappa shape index (κ3) is 4.50. The SMILES string of the molecule is COc1ccccc1-n1c(O)c(/C=N/NC(=S)Nc2ccccc2)c(=O)[nH]c1=O. The summed E-state index contributed by atoms with van der Waals surface area (Å²) in [5.41, 5.74) is 1.71. The lowest BCUT2D eigenvalue weighted by molar-refractivity contribution is 0.401. The van der Waals surface area contributed by atoms with Crippen molar-refractivity contribution in [2.75, 3.05) is 12.4 Å². The Morgan fingerprint density at radius 3 is 2.59 bits per heavy atom. The standard InChI is InChI=1S/C19H17N5O4S/c1-28-15-10-6-5-9-14(15)24-17(26)13(16(25)22-19(24)27)11-20-23-18(29)21-12-7-3-2-4-8-12/h2-11,26H,1H3,(H2,21,23,29)(H,22,25,27)/b20-11+. The van der Waals surface area contributed by atoms with Crippen LogP contribution in [0.3, 0.4) is 0 Å². The molecule has 4 N–H and O–H groups in total. The largest absolute Gasteiger partial charge is 0.495 e. The molecule has 9 nitrogen and oxygen atoms in total. The smallest absolute Gasteiger partial charge is 0.335 e. The number of hydrazone groups is 1. The van der Waals surface area contributed by atoms with Gasteiger partial charge in [0.25, 0.3) is 5.56 Å². The van der Waals surface area contributed by atoms with Crippen molar-refractivity contribution in [3.8, 4) is 17.3 Å². The average Bonchev–Trinajstić information content (AvgIpc) is 2.71. The van der Waals surface area contributed by atoms with Crippen LogP contribution in [0, 0.1) is 0 Å². The summed E-state index contributed by atoms with van der Waals surface area (Å²) in [6.07, 6.45) is 1.07. The summed E-state index contributed by atoms with van der Waals surface area (Å²) >= 11 is 5.12. The molecule has 0 aliphatic rings. The van der Waals surface area contributed by atoms with Gasteiger partial charge in [0, 0.05) is 5.69 Å². The van der Waals surface area contributed by atoms with Gasteiger partial charge in [-0.05, 0) is 36.5 Å². The predicted octanol–water partition coefficient (Wildman–Crippen LogP) is 1.56. The number of ether oxygens (including phenoxy) is 1. The van der Waals surface area contributed by atoms with Gasteiger partial charge in [0.05, 0.1) is 19.0 Å². The molecule has 0 amide bonds. The van der Waals surface area contributed by atoms with Crippen LogP contribution in [0.5, 0.6) is 11.6 Å². The fourth-order valence-electron chi connectivity index (χ4n) is 2.53. The second-order valence-corrected chi connectivity index (χ2v) is 6.10. The summed E-state index contributed by atoms with van der Waals surface area (Å²) in [5.74, 6) is -0.248. The first kappa shape index (κ1) is 19.8. The Labute approximate surface area is 170 Å². The maximum atomic E-state index is 12.3. The van der Waals surface area contributed by atoms with E-state index in [0.29, 0.717) is 5.75 Å². The molecule has 3 aromatic rings. The van der Waals surface area contributed by atoms with Gasteiger partial charge in [0.1, 0.15) is 11.3 Å². The van der Waals surface area contributed by atoms with Gasteiger partial charge in [0.15, 0.2) is 5.11 Å². The van der Waals surface area contributed by atoms with Crippen LogP contribution >= 0.6 is 12.2 Å². The monoisotopic (exact) mass is 411 g/mol. The van der Waals surface area contributed by atoms with E-state index in [1.165, 1.54) is 7.11 Å². The number of nitrogens with zero attached hydrogens (tertiary/aromatic N) is 2. The molecule has 10 heteroatoms. The maximum Gasteiger partial charge on any atom is 0.335 e. The molecular formula is C19H17N5O4S. The summed E-state index contributed by atoms with van der Waals surface area (Å²) < 4.78 is 6.13. The van der Waals surface area contributed by atoms with Gasteiger partial charge >= 0.3 is 5.69 Å². The third-order valence-electron chi connectivity index (χ3n) is 3.84. The Morgan fingerprint density at radius 1 is 1.17 bits per heavy atom. The minimum atomic E-state index is -0.816. The number of hydrogen-bond acceptors (Lipinski definition) is 6. The van der Waals surface area contributed by atoms with Gasteiger partial charge in [0.2, 0.25) is 5.88 Å². The molecule has 3 rings (SSSR count). The van der Waals surface area contributed by atoms with E-state index in [4.69, 9.17) is 17.0 Å². The zero-order valence-corrected chi connectivity index (χ0v) is 16.1. The first-order chi connectivity index (χ1) is 14.0. The van der Waals surface area contributed by atoms with Crippen molar-refractivity contribution >= 4 is 29.2 Å². The number of para-hydroxylation sites is 3. The normalized spacial score (nSPS) is 10.7. The Hall–Kier alpha value is -3.92. The topological polar surface area (TPSA) is 121 Å². The van der Waals surface area contributed by atoms with Crippen LogP contribution in [0.4, 0.5) is 5.69 Å². The molecule has 0 saturated carbocycles. The number of benzene rings is 2. The number of nitrogens with one attached hydrogen (secondary N) is 3. The number of H-pyrrole nitrogens is 1. The van der Waals surface area contributed by atoms with Crippen molar-refractivity contribution in [2.45, 2.75) is 0 Å². The number of rotatable bonds is 5. The number of hydrogen-bond donors (Lipinski definition) is 4. The molecule has 0 bridgehead atoms. The molecule has 1 aromatic heterocycles. The van der Waals surface area contributed by atoms with E-state index in [2.05, 4.69) is 20.8 Å². The lowest BCUT2D eigenvalue weighted by Crippen LogP contribution is -2.32. The zero-order valence-electron chi connectivity index (χ0n) is 15.2. The molecule has 0 unspecified atom stereocenters. The fraction of sp³-hybridized carbons (Fsp3) is 0.0526. The highest BCUT2D eigenvalue weighted by Gasteiger charge is 2.16. The van der Waals surface area contributed by atoms with Gasteiger partial charge < -0.3 is 15.2 Å². The number of aromatic nitrogens is 2. The van der Waals surface area contributed by atoms with Crippen molar-refractivity contribution in [3.05, 3.63) is 81.0 Å². The van der Waals surface area contributed by atoms with Crippen molar-refractivity contribution in [1.82, 2.24) is 15.0 Å². The van der Waals surface area contributed by atoms with Crippen LogP contribution in [0.15, 0.2) is 69.3 Å². The molecule has 148 valence electrons. The molecule has 0 atom stereocenters. The molecule has 1 heterocycles. The summed E-state index contributed by atoms with van der Waals surface area (Å²) in [5, 5.41) is 17.5. The van der Waals surface area contributed by atoms with Gasteiger partial charge in [-0.15, -0.1) is 0 Å². The molecular weight excluding hydrogens is 394 g/mol. The molecule has 0 fully saturated rings. The second-order valence-electron chi connectivity index (χ2n) is 5.69. The first-order valence-electron chi connectivity index (χ1n) is 8.38. The van der Waals surface area contributed by atoms with E-state index < -0.39 is 17.1 Å². The molecule has 0 saturated heterocycles. The van der Waals surface area contributed by atoms with Gasteiger partial charge in [-0.25, -0.2) is 9.36 Å².